The molecule has 0 bridgehead atoms. The lowest BCUT2D eigenvalue weighted by Gasteiger charge is -2.06. The Hall–Kier alpha value is -2.06. The second-order valence-electron chi connectivity index (χ2n) is 5.70. The van der Waals surface area contributed by atoms with E-state index < -0.39 is 27.5 Å². The van der Waals surface area contributed by atoms with Gasteiger partial charge in [0.05, 0.1) is 22.2 Å². The number of thiophene rings is 1. The van der Waals surface area contributed by atoms with Crippen molar-refractivity contribution in [2.24, 2.45) is 0 Å². The minimum atomic E-state index is -3.66. The van der Waals surface area contributed by atoms with E-state index in [1.165, 1.54) is 24.3 Å². The highest BCUT2D eigenvalue weighted by molar-refractivity contribution is 8.04. The van der Waals surface area contributed by atoms with Crippen molar-refractivity contribution in [3.63, 3.8) is 0 Å². The van der Waals surface area contributed by atoms with E-state index in [9.17, 15) is 18.0 Å². The minimum absolute atomic E-state index is 0.0759. The van der Waals surface area contributed by atoms with Crippen molar-refractivity contribution in [1.29, 1.82) is 5.26 Å². The molecule has 0 saturated heterocycles. The Balaban J connectivity index is 2.13. The number of carbonyl (C=O) groups is 2. The quantitative estimate of drug-likeness (QED) is 0.346. The van der Waals surface area contributed by atoms with E-state index in [1.54, 1.807) is 13.8 Å². The van der Waals surface area contributed by atoms with Crippen molar-refractivity contribution in [2.45, 2.75) is 30.1 Å². The summed E-state index contributed by atoms with van der Waals surface area (Å²) in [5, 5.41) is 14.3. The number of hydrogen-bond donors (Lipinski definition) is 1. The smallest absolute Gasteiger partial charge is 0.348 e. The molecule has 7 nitrogen and oxygen atoms in total. The van der Waals surface area contributed by atoms with Crippen LogP contribution in [0.5, 0.6) is 0 Å². The van der Waals surface area contributed by atoms with Gasteiger partial charge in [-0.05, 0) is 55.4 Å². The average Bonchev–Trinajstić information content (AvgIpc) is 2.97. The highest BCUT2D eigenvalue weighted by atomic mass is 35.5. The van der Waals surface area contributed by atoms with Gasteiger partial charge in [-0.25, -0.2) is 13.2 Å². The number of hydrogen-bond acceptors (Lipinski definition) is 8. The Kier molecular flexibility index (Phi) is 8.10. The molecule has 2 rings (SSSR count). The van der Waals surface area contributed by atoms with Gasteiger partial charge in [0.1, 0.15) is 15.3 Å². The Morgan fingerprint density at radius 3 is 2.55 bits per heavy atom. The third kappa shape index (κ3) is 5.96. The summed E-state index contributed by atoms with van der Waals surface area (Å²) in [4.78, 5) is 25.2. The summed E-state index contributed by atoms with van der Waals surface area (Å²) in [6.07, 6.45) is -0.284. The van der Waals surface area contributed by atoms with Gasteiger partial charge in [-0.3, -0.25) is 4.79 Å². The number of sulfone groups is 1. The van der Waals surface area contributed by atoms with Crippen molar-refractivity contribution in [3.8, 4) is 5.40 Å². The maximum absolute atomic E-state index is 12.4. The normalized spacial score (nSPS) is 11.0. The fraction of sp³-hybridized carbons (Fsp3) is 0.278. The monoisotopic (exact) mass is 472 g/mol. The number of anilines is 1. The Labute approximate surface area is 181 Å². The molecule has 0 saturated carbocycles. The van der Waals surface area contributed by atoms with Gasteiger partial charge >= 0.3 is 5.97 Å². The van der Waals surface area contributed by atoms with Crippen LogP contribution in [0.2, 0.25) is 5.02 Å². The number of benzene rings is 1. The number of halogens is 1. The van der Waals surface area contributed by atoms with Crippen LogP contribution in [0.15, 0.2) is 34.1 Å². The predicted molar refractivity (Wildman–Crippen MR) is 113 cm³/mol. The highest BCUT2D eigenvalue weighted by Crippen LogP contribution is 2.40. The first-order valence-electron chi connectivity index (χ1n) is 8.34. The molecule has 1 heterocycles. The van der Waals surface area contributed by atoms with Gasteiger partial charge in [-0.1, -0.05) is 11.6 Å². The van der Waals surface area contributed by atoms with Crippen LogP contribution in [-0.4, -0.2) is 32.7 Å². The lowest BCUT2D eigenvalue weighted by Crippen LogP contribution is -2.17. The van der Waals surface area contributed by atoms with Crippen molar-refractivity contribution in [1.82, 2.24) is 0 Å². The number of esters is 1. The molecule has 0 aliphatic rings. The van der Waals surface area contributed by atoms with E-state index in [-0.39, 0.29) is 22.8 Å². The first-order chi connectivity index (χ1) is 13.7. The lowest BCUT2D eigenvalue weighted by molar-refractivity contribution is -0.115. The molecule has 0 spiro atoms. The number of thioether (sulfide) groups is 1. The van der Waals surface area contributed by atoms with E-state index in [4.69, 9.17) is 21.6 Å². The van der Waals surface area contributed by atoms with E-state index >= 15 is 0 Å². The molecular formula is C18H17ClN2O5S3. The first-order valence-corrected chi connectivity index (χ1v) is 12.0. The second-order valence-corrected chi connectivity index (χ2v) is 10.1. The van der Waals surface area contributed by atoms with Gasteiger partial charge in [0.15, 0.2) is 9.84 Å². The zero-order valence-corrected chi connectivity index (χ0v) is 18.7. The molecule has 2 aromatic rings. The van der Waals surface area contributed by atoms with Crippen LogP contribution in [-0.2, 0) is 19.4 Å². The summed E-state index contributed by atoms with van der Waals surface area (Å²) in [6, 6.07) is 5.69. The van der Waals surface area contributed by atoms with Gasteiger partial charge < -0.3 is 10.1 Å². The SMILES string of the molecule is CCOC(=O)c1sc(NC(=O)CCS(=O)(=O)c2ccc(Cl)cc2)c(SC#N)c1C. The van der Waals surface area contributed by atoms with E-state index in [2.05, 4.69) is 5.32 Å². The minimum Gasteiger partial charge on any atom is -0.462 e. The number of amides is 1. The maximum atomic E-state index is 12.4. The molecule has 0 aliphatic carbocycles. The molecule has 29 heavy (non-hydrogen) atoms. The van der Waals surface area contributed by atoms with Crippen molar-refractivity contribution in [2.75, 3.05) is 17.7 Å². The molecule has 0 unspecified atom stereocenters. The topological polar surface area (TPSA) is 113 Å². The van der Waals surface area contributed by atoms with Crippen LogP contribution < -0.4 is 5.32 Å². The average molecular weight is 473 g/mol. The number of ether oxygens (including phenoxy) is 1. The number of nitriles is 1. The molecule has 0 aliphatic heterocycles. The van der Waals surface area contributed by atoms with Gasteiger partial charge in [0.25, 0.3) is 0 Å². The van der Waals surface area contributed by atoms with Crippen LogP contribution in [0.25, 0.3) is 0 Å². The number of nitrogens with zero attached hydrogens (tertiary/aromatic N) is 1. The summed E-state index contributed by atoms with van der Waals surface area (Å²) < 4.78 is 29.7. The molecule has 11 heteroatoms. The van der Waals surface area contributed by atoms with Crippen molar-refractivity contribution in [3.05, 3.63) is 39.7 Å². The standard InChI is InChI=1S/C18H17ClN2O5S3/c1-3-26-18(23)16-11(2)15(27-10-20)17(28-16)21-14(22)8-9-29(24,25)13-6-4-12(19)5-7-13/h4-7H,3,8-9H2,1-2H3,(H,21,22). The van der Waals surface area contributed by atoms with E-state index in [0.29, 0.717) is 20.5 Å². The van der Waals surface area contributed by atoms with E-state index in [0.717, 1.165) is 23.1 Å². The highest BCUT2D eigenvalue weighted by Gasteiger charge is 2.23. The van der Waals surface area contributed by atoms with Crippen molar-refractivity contribution < 1.29 is 22.7 Å². The zero-order valence-electron chi connectivity index (χ0n) is 15.5. The van der Waals surface area contributed by atoms with E-state index in [1.807, 2.05) is 5.40 Å². The molecule has 1 amide bonds. The number of carbonyl (C=O) groups excluding carboxylic acids is 2. The molecule has 0 radical (unpaired) electrons. The lowest BCUT2D eigenvalue weighted by atomic mass is 10.3. The fourth-order valence-corrected chi connectivity index (χ4v) is 5.50. The third-order valence-electron chi connectivity index (χ3n) is 3.72. The van der Waals surface area contributed by atoms with Crippen LogP contribution in [0.1, 0.15) is 28.6 Å². The second kappa shape index (κ2) is 10.1. The number of thiocyanates is 1. The fourth-order valence-electron chi connectivity index (χ4n) is 2.32. The predicted octanol–water partition coefficient (Wildman–Crippen LogP) is 4.26. The van der Waals surface area contributed by atoms with Gasteiger partial charge in [-0.15, -0.1) is 11.3 Å². The number of nitrogens with one attached hydrogen (secondary N) is 1. The molecule has 1 N–H and O–H groups in total. The van der Waals surface area contributed by atoms with Crippen molar-refractivity contribution >= 4 is 61.4 Å². The van der Waals surface area contributed by atoms with Crippen LogP contribution in [0, 0.1) is 17.6 Å². The molecule has 154 valence electrons. The third-order valence-corrected chi connectivity index (χ3v) is 7.83. The Morgan fingerprint density at radius 1 is 1.31 bits per heavy atom. The molecular weight excluding hydrogens is 456 g/mol. The van der Waals surface area contributed by atoms with Gasteiger partial charge in [0, 0.05) is 11.4 Å². The summed E-state index contributed by atoms with van der Waals surface area (Å²) in [7, 11) is -3.66. The maximum Gasteiger partial charge on any atom is 0.348 e. The molecule has 1 aromatic heterocycles. The Bertz CT molecular complexity index is 1060. The van der Waals surface area contributed by atoms with Crippen LogP contribution in [0.4, 0.5) is 5.00 Å². The summed E-state index contributed by atoms with van der Waals surface area (Å²) >= 11 is 7.56. The molecule has 0 fully saturated rings. The summed E-state index contributed by atoms with van der Waals surface area (Å²) in [6.45, 7) is 3.53. The van der Waals surface area contributed by atoms with Crippen LogP contribution in [0.3, 0.4) is 0 Å². The summed E-state index contributed by atoms with van der Waals surface area (Å²) in [5.74, 6) is -1.48. The van der Waals surface area contributed by atoms with Crippen LogP contribution >= 0.6 is 34.7 Å². The van der Waals surface area contributed by atoms with Gasteiger partial charge in [0.2, 0.25) is 5.91 Å². The molecule has 0 atom stereocenters. The largest absolute Gasteiger partial charge is 0.462 e. The Morgan fingerprint density at radius 2 is 1.97 bits per heavy atom. The molecule has 1 aromatic carbocycles. The first kappa shape index (κ1) is 23.2. The van der Waals surface area contributed by atoms with Gasteiger partial charge in [-0.2, -0.15) is 5.26 Å². The summed E-state index contributed by atoms with van der Waals surface area (Å²) in [5.41, 5.74) is 0.532. The zero-order chi connectivity index (χ0) is 21.6. The number of rotatable bonds is 8.